The Kier molecular flexibility index (Phi) is 6.31. The van der Waals surface area contributed by atoms with Gasteiger partial charge in [-0.05, 0) is 40.8 Å². The average Bonchev–Trinajstić information content (AvgIpc) is 3.12. The molecule has 0 saturated carbocycles. The summed E-state index contributed by atoms with van der Waals surface area (Å²) >= 11 is 0. The fourth-order valence-electron chi connectivity index (χ4n) is 4.03. The first kappa shape index (κ1) is 22.0. The van der Waals surface area contributed by atoms with Crippen LogP contribution < -0.4 is 5.32 Å². The second-order valence-electron chi connectivity index (χ2n) is 7.68. The average molecular weight is 445 g/mol. The van der Waals surface area contributed by atoms with E-state index in [1.165, 1.54) is 6.08 Å². The van der Waals surface area contributed by atoms with E-state index in [1.807, 2.05) is 24.3 Å². The van der Waals surface area contributed by atoms with Gasteiger partial charge in [-0.15, -0.1) is 0 Å². The molecule has 0 unspecified atom stereocenters. The molecule has 4 rings (SSSR count). The lowest BCUT2D eigenvalue weighted by atomic mass is 9.98. The van der Waals surface area contributed by atoms with Gasteiger partial charge >= 0.3 is 12.1 Å². The molecule has 4 N–H and O–H groups in total. The molecular weight excluding hydrogens is 422 g/mol. The normalized spacial score (nSPS) is 12.4. The molecule has 1 aliphatic carbocycles. The number of benzene rings is 3. The monoisotopic (exact) mass is 445 g/mol. The molecule has 0 atom stereocenters. The largest absolute Gasteiger partial charge is 0.507 e. The van der Waals surface area contributed by atoms with Crippen molar-refractivity contribution in [3.05, 3.63) is 89.0 Å². The number of aromatic hydroxyl groups is 2. The van der Waals surface area contributed by atoms with E-state index in [4.69, 9.17) is 9.84 Å². The number of phenols is 2. The molecule has 0 bridgehead atoms. The highest BCUT2D eigenvalue weighted by Gasteiger charge is 2.28. The molecule has 7 nitrogen and oxygen atoms in total. The summed E-state index contributed by atoms with van der Waals surface area (Å²) in [5.74, 6) is -1.94. The molecular formula is C26H23NO6. The Morgan fingerprint density at radius 3 is 2.09 bits per heavy atom. The molecule has 1 amide bonds. The zero-order valence-corrected chi connectivity index (χ0v) is 17.7. The van der Waals surface area contributed by atoms with E-state index >= 15 is 0 Å². The quantitative estimate of drug-likeness (QED) is 0.391. The molecule has 0 aliphatic heterocycles. The standard InChI is InChI=1S/C26H23NO6/c28-23-13-16(25(30)31)14-24(29)21(23)11-5-6-12-27-26(32)33-15-22-19-9-3-1-7-17(19)18-8-2-4-10-20(18)22/h1-5,7-11,13-14,22,28-29H,6,12,15H2,(H,27,32)(H,30,31). The van der Waals surface area contributed by atoms with E-state index in [0.717, 1.165) is 34.4 Å². The predicted molar refractivity (Wildman–Crippen MR) is 123 cm³/mol. The maximum atomic E-state index is 12.2. The van der Waals surface area contributed by atoms with Gasteiger partial charge in [0.05, 0.1) is 11.1 Å². The van der Waals surface area contributed by atoms with Crippen LogP contribution in [0, 0.1) is 0 Å². The molecule has 3 aromatic rings. The van der Waals surface area contributed by atoms with E-state index in [2.05, 4.69) is 29.6 Å². The van der Waals surface area contributed by atoms with Gasteiger partial charge in [0.2, 0.25) is 0 Å². The number of carboxylic acids is 1. The van der Waals surface area contributed by atoms with Gasteiger partial charge in [-0.2, -0.15) is 0 Å². The number of carboxylic acid groups (broad SMARTS) is 1. The maximum Gasteiger partial charge on any atom is 0.407 e. The Bertz CT molecular complexity index is 1160. The molecule has 0 fully saturated rings. The van der Waals surface area contributed by atoms with Crippen LogP contribution >= 0.6 is 0 Å². The van der Waals surface area contributed by atoms with Crippen LogP contribution in [-0.2, 0) is 4.74 Å². The van der Waals surface area contributed by atoms with Crippen molar-refractivity contribution in [2.45, 2.75) is 12.3 Å². The van der Waals surface area contributed by atoms with Gasteiger partial charge in [0.15, 0.2) is 0 Å². The summed E-state index contributed by atoms with van der Waals surface area (Å²) in [6.07, 6.45) is 3.01. The molecule has 3 aromatic carbocycles. The SMILES string of the molecule is O=C(NCCC=Cc1c(O)cc(C(=O)O)cc1O)OCC1c2ccccc2-c2ccccc21. The van der Waals surface area contributed by atoms with Crippen LogP contribution in [0.4, 0.5) is 4.79 Å². The van der Waals surface area contributed by atoms with Crippen molar-refractivity contribution in [2.75, 3.05) is 13.2 Å². The number of nitrogens with one attached hydrogen (secondary N) is 1. The minimum absolute atomic E-state index is 0.0113. The molecule has 0 aromatic heterocycles. The minimum atomic E-state index is -1.25. The summed E-state index contributed by atoms with van der Waals surface area (Å²) in [6.45, 7) is 0.523. The van der Waals surface area contributed by atoms with Crippen LogP contribution in [0.5, 0.6) is 11.5 Å². The lowest BCUT2D eigenvalue weighted by molar-refractivity contribution is 0.0695. The van der Waals surface area contributed by atoms with Crippen molar-refractivity contribution in [3.8, 4) is 22.6 Å². The van der Waals surface area contributed by atoms with Crippen molar-refractivity contribution >= 4 is 18.1 Å². The molecule has 0 heterocycles. The summed E-state index contributed by atoms with van der Waals surface area (Å²) < 4.78 is 5.47. The van der Waals surface area contributed by atoms with E-state index in [9.17, 15) is 19.8 Å². The number of carbonyl (C=O) groups is 2. The highest BCUT2D eigenvalue weighted by Crippen LogP contribution is 2.44. The van der Waals surface area contributed by atoms with Crippen molar-refractivity contribution < 1.29 is 29.6 Å². The summed E-state index contributed by atoms with van der Waals surface area (Å²) in [6, 6.07) is 18.4. The zero-order valence-electron chi connectivity index (χ0n) is 17.7. The number of carbonyl (C=O) groups excluding carboxylic acids is 1. The lowest BCUT2D eigenvalue weighted by Crippen LogP contribution is -2.26. The Morgan fingerprint density at radius 1 is 0.939 bits per heavy atom. The van der Waals surface area contributed by atoms with Gasteiger partial charge in [0.25, 0.3) is 0 Å². The first-order valence-corrected chi connectivity index (χ1v) is 10.5. The van der Waals surface area contributed by atoms with Gasteiger partial charge in [-0.1, -0.05) is 60.7 Å². The Balaban J connectivity index is 1.29. The molecule has 1 aliphatic rings. The van der Waals surface area contributed by atoms with Gasteiger partial charge in [-0.3, -0.25) is 0 Å². The highest BCUT2D eigenvalue weighted by atomic mass is 16.5. The van der Waals surface area contributed by atoms with Crippen LogP contribution in [0.1, 0.15) is 39.4 Å². The van der Waals surface area contributed by atoms with Crippen LogP contribution in [0.15, 0.2) is 66.7 Å². The zero-order chi connectivity index (χ0) is 23.4. The Hall–Kier alpha value is -4.26. The van der Waals surface area contributed by atoms with Crippen molar-refractivity contribution in [1.29, 1.82) is 0 Å². The topological polar surface area (TPSA) is 116 Å². The second-order valence-corrected chi connectivity index (χ2v) is 7.68. The van der Waals surface area contributed by atoms with Crippen molar-refractivity contribution in [1.82, 2.24) is 5.32 Å². The van der Waals surface area contributed by atoms with Gasteiger partial charge in [0, 0.05) is 12.5 Å². The van der Waals surface area contributed by atoms with Crippen LogP contribution in [0.25, 0.3) is 17.2 Å². The first-order valence-electron chi connectivity index (χ1n) is 10.5. The Labute approximate surface area is 190 Å². The summed E-state index contributed by atoms with van der Waals surface area (Å²) in [5, 5.41) is 31.4. The number of aromatic carboxylic acids is 1. The molecule has 0 spiro atoms. The molecule has 168 valence electrons. The van der Waals surface area contributed by atoms with Crippen LogP contribution in [-0.4, -0.2) is 40.5 Å². The number of hydrogen-bond donors (Lipinski definition) is 4. The van der Waals surface area contributed by atoms with E-state index < -0.39 is 12.1 Å². The number of hydrogen-bond acceptors (Lipinski definition) is 5. The smallest absolute Gasteiger partial charge is 0.407 e. The third-order valence-corrected chi connectivity index (χ3v) is 5.59. The van der Waals surface area contributed by atoms with Crippen molar-refractivity contribution in [2.24, 2.45) is 0 Å². The van der Waals surface area contributed by atoms with E-state index in [0.29, 0.717) is 13.0 Å². The fourth-order valence-corrected chi connectivity index (χ4v) is 4.03. The minimum Gasteiger partial charge on any atom is -0.507 e. The molecule has 0 saturated heterocycles. The number of amides is 1. The number of ether oxygens (including phenoxy) is 1. The third-order valence-electron chi connectivity index (χ3n) is 5.59. The van der Waals surface area contributed by atoms with Gasteiger partial charge in [-0.25, -0.2) is 9.59 Å². The number of rotatable bonds is 7. The molecule has 0 radical (unpaired) electrons. The summed E-state index contributed by atoms with van der Waals surface area (Å²) in [7, 11) is 0. The van der Waals surface area contributed by atoms with E-state index in [1.54, 1.807) is 6.08 Å². The van der Waals surface area contributed by atoms with E-state index in [-0.39, 0.29) is 35.2 Å². The lowest BCUT2D eigenvalue weighted by Gasteiger charge is -2.14. The summed E-state index contributed by atoms with van der Waals surface area (Å²) in [5.41, 5.74) is 4.51. The molecule has 33 heavy (non-hydrogen) atoms. The second kappa shape index (κ2) is 9.48. The van der Waals surface area contributed by atoms with Crippen LogP contribution in [0.3, 0.4) is 0 Å². The third kappa shape index (κ3) is 4.67. The first-order chi connectivity index (χ1) is 16.0. The number of alkyl carbamates (subject to hydrolysis) is 1. The number of phenolic OH excluding ortho intramolecular Hbond substituents is 2. The van der Waals surface area contributed by atoms with Crippen molar-refractivity contribution in [3.63, 3.8) is 0 Å². The maximum absolute atomic E-state index is 12.2. The summed E-state index contributed by atoms with van der Waals surface area (Å²) in [4.78, 5) is 23.1. The highest BCUT2D eigenvalue weighted by molar-refractivity contribution is 5.89. The number of fused-ring (bicyclic) bond motifs is 3. The van der Waals surface area contributed by atoms with Crippen LogP contribution in [0.2, 0.25) is 0 Å². The Morgan fingerprint density at radius 2 is 1.52 bits per heavy atom. The predicted octanol–water partition coefficient (Wildman–Crippen LogP) is 4.74. The van der Waals surface area contributed by atoms with Gasteiger partial charge < -0.3 is 25.4 Å². The molecule has 7 heteroatoms. The fraction of sp³-hybridized carbons (Fsp3) is 0.154. The van der Waals surface area contributed by atoms with Gasteiger partial charge in [0.1, 0.15) is 18.1 Å².